The zero-order chi connectivity index (χ0) is 24.0. The number of aromatic nitrogens is 2. The number of nitrogens with zero attached hydrogens (tertiary/aromatic N) is 3. The van der Waals surface area contributed by atoms with Gasteiger partial charge in [0.25, 0.3) is 0 Å². The Morgan fingerprint density at radius 3 is 2.50 bits per heavy atom. The number of aromatic carboxylic acids is 1. The standard InChI is InChI=1S/C25H22F2N4O3/c1-30-13-19(25(33)34)23(32)18-10-14-11-20(27)22(12-21(14)29-24(18)30)31-8-6-17(7-9-31)28-16-4-2-15(26)3-5-16/h2-5,10-13,17,28H,6-9H2,1H3,(H,33,34). The molecule has 3 heterocycles. The Hall–Kier alpha value is -4.01. The third-order valence-electron chi connectivity index (χ3n) is 6.29. The second-order valence-corrected chi connectivity index (χ2v) is 8.56. The number of carboxylic acid groups (broad SMARTS) is 1. The first kappa shape index (κ1) is 21.8. The van der Waals surface area contributed by atoms with Crippen molar-refractivity contribution in [3.63, 3.8) is 0 Å². The second-order valence-electron chi connectivity index (χ2n) is 8.56. The van der Waals surface area contributed by atoms with Crippen molar-refractivity contribution in [2.45, 2.75) is 18.9 Å². The fourth-order valence-electron chi connectivity index (χ4n) is 4.51. The summed E-state index contributed by atoms with van der Waals surface area (Å²) in [6.07, 6.45) is 2.81. The number of anilines is 2. The molecule has 1 saturated heterocycles. The molecule has 9 heteroatoms. The quantitative estimate of drug-likeness (QED) is 0.442. The smallest absolute Gasteiger partial charge is 0.341 e. The first-order chi connectivity index (χ1) is 16.3. The predicted octanol–water partition coefficient (Wildman–Crippen LogP) is 4.14. The number of fused-ring (bicyclic) bond motifs is 2. The molecule has 2 aromatic carbocycles. The Balaban J connectivity index is 1.42. The number of halogens is 2. The van der Waals surface area contributed by atoms with Gasteiger partial charge in [0.2, 0.25) is 5.43 Å². The van der Waals surface area contributed by atoms with E-state index < -0.39 is 17.2 Å². The predicted molar refractivity (Wildman–Crippen MR) is 127 cm³/mol. The van der Waals surface area contributed by atoms with Crippen molar-refractivity contribution in [2.75, 3.05) is 23.3 Å². The lowest BCUT2D eigenvalue weighted by Gasteiger charge is -2.34. The van der Waals surface area contributed by atoms with Crippen molar-refractivity contribution >= 4 is 39.3 Å². The summed E-state index contributed by atoms with van der Waals surface area (Å²) in [5, 5.41) is 13.2. The largest absolute Gasteiger partial charge is 0.477 e. The first-order valence-electron chi connectivity index (χ1n) is 10.9. The number of benzene rings is 2. The maximum Gasteiger partial charge on any atom is 0.341 e. The summed E-state index contributed by atoms with van der Waals surface area (Å²) >= 11 is 0. The van der Waals surface area contributed by atoms with Crippen LogP contribution in [0, 0.1) is 11.6 Å². The van der Waals surface area contributed by atoms with Gasteiger partial charge in [-0.2, -0.15) is 0 Å². The minimum absolute atomic E-state index is 0.134. The number of carbonyl (C=O) groups is 1. The van der Waals surface area contributed by atoms with Gasteiger partial charge in [-0.3, -0.25) is 4.79 Å². The minimum atomic E-state index is -1.32. The Bertz CT molecular complexity index is 1480. The summed E-state index contributed by atoms with van der Waals surface area (Å²) < 4.78 is 29.7. The van der Waals surface area contributed by atoms with Crippen molar-refractivity contribution in [1.82, 2.24) is 9.55 Å². The Morgan fingerprint density at radius 2 is 1.82 bits per heavy atom. The molecular formula is C25H22F2N4O3. The maximum atomic E-state index is 15.1. The van der Waals surface area contributed by atoms with Crippen LogP contribution in [0.2, 0.25) is 0 Å². The average Bonchev–Trinajstić information content (AvgIpc) is 2.82. The number of hydrogen-bond acceptors (Lipinski definition) is 5. The highest BCUT2D eigenvalue weighted by molar-refractivity contribution is 5.96. The molecule has 0 unspecified atom stereocenters. The van der Waals surface area contributed by atoms with Gasteiger partial charge in [0.1, 0.15) is 22.8 Å². The molecule has 0 atom stereocenters. The van der Waals surface area contributed by atoms with Gasteiger partial charge < -0.3 is 19.9 Å². The fourth-order valence-corrected chi connectivity index (χ4v) is 4.51. The minimum Gasteiger partial charge on any atom is -0.477 e. The van der Waals surface area contributed by atoms with E-state index >= 15 is 4.39 Å². The molecule has 0 amide bonds. The number of pyridine rings is 2. The van der Waals surface area contributed by atoms with Crippen molar-refractivity contribution in [1.29, 1.82) is 0 Å². The van der Waals surface area contributed by atoms with Gasteiger partial charge in [-0.1, -0.05) is 0 Å². The lowest BCUT2D eigenvalue weighted by molar-refractivity contribution is 0.0695. The number of carboxylic acids is 1. The summed E-state index contributed by atoms with van der Waals surface area (Å²) in [7, 11) is 1.62. The zero-order valence-electron chi connectivity index (χ0n) is 18.4. The van der Waals surface area contributed by atoms with Crippen molar-refractivity contribution < 1.29 is 18.7 Å². The van der Waals surface area contributed by atoms with Gasteiger partial charge in [0, 0.05) is 43.4 Å². The summed E-state index contributed by atoms with van der Waals surface area (Å²) in [6, 6.07) is 10.9. The normalized spacial score (nSPS) is 14.6. The molecule has 1 aliphatic heterocycles. The molecule has 2 N–H and O–H groups in total. The van der Waals surface area contributed by atoms with E-state index in [2.05, 4.69) is 10.3 Å². The van der Waals surface area contributed by atoms with E-state index in [4.69, 9.17) is 0 Å². The number of rotatable bonds is 4. The Kier molecular flexibility index (Phi) is 5.39. The van der Waals surface area contributed by atoms with Crippen LogP contribution in [0.4, 0.5) is 20.2 Å². The summed E-state index contributed by atoms with van der Waals surface area (Å²) in [4.78, 5) is 30.5. The average molecular weight is 464 g/mol. The van der Waals surface area contributed by atoms with Gasteiger partial charge in [0.15, 0.2) is 0 Å². The molecule has 174 valence electrons. The van der Waals surface area contributed by atoms with Crippen molar-refractivity contribution in [3.05, 3.63) is 76.1 Å². The Labute approximate surface area is 193 Å². The van der Waals surface area contributed by atoms with Gasteiger partial charge in [-0.15, -0.1) is 0 Å². The highest BCUT2D eigenvalue weighted by atomic mass is 19.1. The molecule has 5 rings (SSSR count). The molecule has 0 spiro atoms. The van der Waals surface area contributed by atoms with Crippen molar-refractivity contribution in [2.24, 2.45) is 7.05 Å². The van der Waals surface area contributed by atoms with E-state index in [1.54, 1.807) is 25.2 Å². The number of aryl methyl sites for hydroxylation is 1. The number of piperidine rings is 1. The first-order valence-corrected chi connectivity index (χ1v) is 10.9. The van der Waals surface area contributed by atoms with Crippen molar-refractivity contribution in [3.8, 4) is 0 Å². The van der Waals surface area contributed by atoms with Crippen LogP contribution in [0.15, 0.2) is 53.5 Å². The van der Waals surface area contributed by atoms with E-state index in [1.165, 1.54) is 35.0 Å². The molecular weight excluding hydrogens is 442 g/mol. The lowest BCUT2D eigenvalue weighted by Crippen LogP contribution is -2.39. The monoisotopic (exact) mass is 464 g/mol. The van der Waals surface area contributed by atoms with Crippen LogP contribution in [-0.2, 0) is 7.05 Å². The van der Waals surface area contributed by atoms with Crippen LogP contribution in [0.3, 0.4) is 0 Å². The fraction of sp³-hybridized carbons (Fsp3) is 0.240. The third-order valence-corrected chi connectivity index (χ3v) is 6.29. The van der Waals surface area contributed by atoms with Gasteiger partial charge >= 0.3 is 5.97 Å². The lowest BCUT2D eigenvalue weighted by atomic mass is 10.0. The summed E-state index contributed by atoms with van der Waals surface area (Å²) in [5.41, 5.74) is 1.15. The van der Waals surface area contributed by atoms with Crippen LogP contribution in [-0.4, -0.2) is 39.8 Å². The van der Waals surface area contributed by atoms with Crippen LogP contribution >= 0.6 is 0 Å². The van der Waals surface area contributed by atoms with Gasteiger partial charge in [-0.25, -0.2) is 18.6 Å². The van der Waals surface area contributed by atoms with Crippen LogP contribution in [0.25, 0.3) is 21.9 Å². The molecule has 34 heavy (non-hydrogen) atoms. The maximum absolute atomic E-state index is 15.1. The number of hydrogen-bond donors (Lipinski definition) is 2. The van der Waals surface area contributed by atoms with E-state index in [0.717, 1.165) is 18.5 Å². The molecule has 1 fully saturated rings. The highest BCUT2D eigenvalue weighted by Gasteiger charge is 2.23. The topological polar surface area (TPSA) is 87.5 Å². The Morgan fingerprint density at radius 1 is 1.12 bits per heavy atom. The SMILES string of the molecule is Cn1cc(C(=O)O)c(=O)c2cc3cc(F)c(N4CCC(Nc5ccc(F)cc5)CC4)cc3nc21. The van der Waals surface area contributed by atoms with E-state index in [9.17, 15) is 19.1 Å². The zero-order valence-corrected chi connectivity index (χ0v) is 18.4. The molecule has 0 bridgehead atoms. The van der Waals surface area contributed by atoms with Gasteiger partial charge in [-0.05, 0) is 55.3 Å². The summed E-state index contributed by atoms with van der Waals surface area (Å²) in [6.45, 7) is 1.27. The third kappa shape index (κ3) is 3.93. The molecule has 0 radical (unpaired) electrons. The van der Waals surface area contributed by atoms with Crippen LogP contribution < -0.4 is 15.6 Å². The van der Waals surface area contributed by atoms with Crippen LogP contribution in [0.1, 0.15) is 23.2 Å². The van der Waals surface area contributed by atoms with E-state index in [-0.39, 0.29) is 22.8 Å². The van der Waals surface area contributed by atoms with E-state index in [1.807, 2.05) is 4.90 Å². The molecule has 4 aromatic rings. The molecule has 0 saturated carbocycles. The van der Waals surface area contributed by atoms with Gasteiger partial charge in [0.05, 0.1) is 16.6 Å². The summed E-state index contributed by atoms with van der Waals surface area (Å²) in [5.74, 6) is -2.03. The highest BCUT2D eigenvalue weighted by Crippen LogP contribution is 2.29. The molecule has 2 aromatic heterocycles. The molecule has 0 aliphatic carbocycles. The van der Waals surface area contributed by atoms with Crippen LogP contribution in [0.5, 0.6) is 0 Å². The molecule has 1 aliphatic rings. The molecule has 7 nitrogen and oxygen atoms in total. The number of nitrogens with one attached hydrogen (secondary N) is 1. The van der Waals surface area contributed by atoms with E-state index in [0.29, 0.717) is 35.3 Å². The second kappa shape index (κ2) is 8.40.